The average Bonchev–Trinajstić information content (AvgIpc) is 3.33. The normalized spacial score (nSPS) is 23.2. The van der Waals surface area contributed by atoms with Gasteiger partial charge in [0.05, 0.1) is 19.3 Å². The summed E-state index contributed by atoms with van der Waals surface area (Å²) < 4.78 is 5.71. The number of hydrogen-bond donors (Lipinski definition) is 3. The van der Waals surface area contributed by atoms with E-state index in [-0.39, 0.29) is 17.9 Å². The quantitative estimate of drug-likeness (QED) is 0.332. The molecule has 0 aromatic heterocycles. The van der Waals surface area contributed by atoms with Crippen molar-refractivity contribution in [3.05, 3.63) is 0 Å². The number of rotatable bonds is 7. The van der Waals surface area contributed by atoms with Crippen molar-refractivity contribution in [3.63, 3.8) is 0 Å². The first kappa shape index (κ1) is 17.0. The SMILES string of the molecule is CCNC(=NCC1CN(C)CCO1)NCCNC(=O)C1CC1. The Bertz CT molecular complexity index is 384. The second kappa shape index (κ2) is 8.95. The molecule has 1 saturated carbocycles. The Morgan fingerprint density at radius 3 is 2.73 bits per heavy atom. The van der Waals surface area contributed by atoms with Crippen LogP contribution in [0.4, 0.5) is 0 Å². The number of morpholine rings is 1. The monoisotopic (exact) mass is 311 g/mol. The summed E-state index contributed by atoms with van der Waals surface area (Å²) in [6.45, 7) is 7.47. The van der Waals surface area contributed by atoms with Crippen LogP contribution in [0.3, 0.4) is 0 Å². The molecule has 22 heavy (non-hydrogen) atoms. The number of guanidine groups is 1. The van der Waals surface area contributed by atoms with E-state index in [1.54, 1.807) is 0 Å². The molecule has 1 heterocycles. The molecule has 0 spiro atoms. The van der Waals surface area contributed by atoms with Crippen molar-refractivity contribution >= 4 is 11.9 Å². The maximum atomic E-state index is 11.5. The third-order valence-electron chi connectivity index (χ3n) is 3.80. The summed E-state index contributed by atoms with van der Waals surface area (Å²) in [4.78, 5) is 18.4. The highest BCUT2D eigenvalue weighted by Gasteiger charge is 2.28. The van der Waals surface area contributed by atoms with Crippen molar-refractivity contribution in [1.82, 2.24) is 20.9 Å². The van der Waals surface area contributed by atoms with E-state index in [1.807, 2.05) is 6.92 Å². The molecule has 0 aromatic rings. The molecule has 2 rings (SSSR count). The standard InChI is InChI=1S/C15H29N5O2/c1-3-16-15(18-7-6-17-14(21)12-4-5-12)19-10-13-11-20(2)8-9-22-13/h12-13H,3-11H2,1-2H3,(H,17,21)(H2,16,18,19). The summed E-state index contributed by atoms with van der Waals surface area (Å²) in [6, 6.07) is 0. The van der Waals surface area contributed by atoms with E-state index in [1.165, 1.54) is 0 Å². The van der Waals surface area contributed by atoms with Gasteiger partial charge in [-0.05, 0) is 26.8 Å². The first-order valence-electron chi connectivity index (χ1n) is 8.29. The van der Waals surface area contributed by atoms with Crippen molar-refractivity contribution in [3.8, 4) is 0 Å². The van der Waals surface area contributed by atoms with E-state index in [4.69, 9.17) is 4.74 Å². The predicted molar refractivity (Wildman–Crippen MR) is 87.0 cm³/mol. The number of nitrogens with zero attached hydrogens (tertiary/aromatic N) is 2. The van der Waals surface area contributed by atoms with Gasteiger partial charge in [0.1, 0.15) is 0 Å². The molecule has 7 nitrogen and oxygen atoms in total. The summed E-state index contributed by atoms with van der Waals surface area (Å²) in [5.74, 6) is 1.23. The molecule has 2 fully saturated rings. The topological polar surface area (TPSA) is 78.0 Å². The molecular formula is C15H29N5O2. The molecule has 1 atom stereocenters. The molecule has 1 aliphatic heterocycles. The van der Waals surface area contributed by atoms with E-state index in [9.17, 15) is 4.79 Å². The summed E-state index contributed by atoms with van der Waals surface area (Å²) in [6.07, 6.45) is 2.24. The maximum Gasteiger partial charge on any atom is 0.223 e. The van der Waals surface area contributed by atoms with Gasteiger partial charge in [-0.3, -0.25) is 9.79 Å². The molecule has 0 bridgehead atoms. The van der Waals surface area contributed by atoms with Crippen LogP contribution in [0.1, 0.15) is 19.8 Å². The molecule has 126 valence electrons. The van der Waals surface area contributed by atoms with Gasteiger partial charge >= 0.3 is 0 Å². The summed E-state index contributed by atoms with van der Waals surface area (Å²) in [5, 5.41) is 9.39. The van der Waals surface area contributed by atoms with Gasteiger partial charge in [-0.2, -0.15) is 0 Å². The first-order chi connectivity index (χ1) is 10.7. The lowest BCUT2D eigenvalue weighted by atomic mass is 10.3. The average molecular weight is 311 g/mol. The van der Waals surface area contributed by atoms with Gasteiger partial charge in [0.25, 0.3) is 0 Å². The lowest BCUT2D eigenvalue weighted by Gasteiger charge is -2.29. The molecule has 7 heteroatoms. The van der Waals surface area contributed by atoms with Crippen LogP contribution in [0.15, 0.2) is 4.99 Å². The number of carbonyl (C=O) groups excluding carboxylic acids is 1. The van der Waals surface area contributed by atoms with E-state index in [2.05, 4.69) is 32.9 Å². The Labute approximate surface area is 132 Å². The molecule has 1 aliphatic carbocycles. The Morgan fingerprint density at radius 2 is 2.05 bits per heavy atom. The van der Waals surface area contributed by atoms with Gasteiger partial charge < -0.3 is 25.6 Å². The number of likely N-dealkylation sites (N-methyl/N-ethyl adjacent to an activating group) is 1. The van der Waals surface area contributed by atoms with Crippen LogP contribution in [-0.2, 0) is 9.53 Å². The number of nitrogens with one attached hydrogen (secondary N) is 3. The lowest BCUT2D eigenvalue weighted by molar-refractivity contribution is -0.122. The molecule has 3 N–H and O–H groups in total. The van der Waals surface area contributed by atoms with Gasteiger partial charge in [0, 0.05) is 38.6 Å². The summed E-state index contributed by atoms with van der Waals surface area (Å²) >= 11 is 0. The van der Waals surface area contributed by atoms with Gasteiger partial charge in [-0.1, -0.05) is 0 Å². The van der Waals surface area contributed by atoms with E-state index in [0.29, 0.717) is 19.6 Å². The molecule has 2 aliphatic rings. The van der Waals surface area contributed by atoms with Gasteiger partial charge in [-0.25, -0.2) is 0 Å². The van der Waals surface area contributed by atoms with Crippen LogP contribution in [-0.4, -0.2) is 75.8 Å². The fourth-order valence-electron chi connectivity index (χ4n) is 2.37. The van der Waals surface area contributed by atoms with Crippen LogP contribution in [0, 0.1) is 5.92 Å². The summed E-state index contributed by atoms with van der Waals surface area (Å²) in [7, 11) is 2.10. The fourth-order valence-corrected chi connectivity index (χ4v) is 2.37. The van der Waals surface area contributed by atoms with Crippen LogP contribution in [0.2, 0.25) is 0 Å². The molecule has 1 saturated heterocycles. The Hall–Kier alpha value is -1.34. The van der Waals surface area contributed by atoms with Crippen LogP contribution in [0.5, 0.6) is 0 Å². The van der Waals surface area contributed by atoms with Crippen LogP contribution < -0.4 is 16.0 Å². The van der Waals surface area contributed by atoms with Crippen molar-refractivity contribution in [2.45, 2.75) is 25.9 Å². The van der Waals surface area contributed by atoms with Crippen molar-refractivity contribution in [2.75, 3.05) is 52.9 Å². The van der Waals surface area contributed by atoms with Crippen molar-refractivity contribution in [1.29, 1.82) is 0 Å². The molecule has 0 aromatic carbocycles. The Balaban J connectivity index is 1.66. The van der Waals surface area contributed by atoms with Crippen LogP contribution in [0.25, 0.3) is 0 Å². The highest BCUT2D eigenvalue weighted by Crippen LogP contribution is 2.28. The Morgan fingerprint density at radius 1 is 1.27 bits per heavy atom. The second-order valence-electron chi connectivity index (χ2n) is 5.97. The second-order valence-corrected chi connectivity index (χ2v) is 5.97. The van der Waals surface area contributed by atoms with E-state index >= 15 is 0 Å². The Kier molecular flexibility index (Phi) is 6.92. The number of hydrogen-bond acceptors (Lipinski definition) is 4. The van der Waals surface area contributed by atoms with Crippen molar-refractivity contribution in [2.24, 2.45) is 10.9 Å². The third-order valence-corrected chi connectivity index (χ3v) is 3.80. The third kappa shape index (κ3) is 6.19. The minimum Gasteiger partial charge on any atom is -0.374 e. The van der Waals surface area contributed by atoms with Crippen molar-refractivity contribution < 1.29 is 9.53 Å². The van der Waals surface area contributed by atoms with Gasteiger partial charge in [0.2, 0.25) is 5.91 Å². The zero-order valence-electron chi connectivity index (χ0n) is 13.7. The molecule has 1 amide bonds. The highest BCUT2D eigenvalue weighted by molar-refractivity contribution is 5.81. The molecular weight excluding hydrogens is 282 g/mol. The van der Waals surface area contributed by atoms with Gasteiger partial charge in [-0.15, -0.1) is 0 Å². The van der Waals surface area contributed by atoms with E-state index in [0.717, 1.165) is 45.0 Å². The number of carbonyl (C=O) groups is 1. The minimum atomic E-state index is 0.156. The number of amides is 1. The largest absolute Gasteiger partial charge is 0.374 e. The van der Waals surface area contributed by atoms with Gasteiger partial charge in [0.15, 0.2) is 5.96 Å². The fraction of sp³-hybridized carbons (Fsp3) is 0.867. The zero-order chi connectivity index (χ0) is 15.8. The lowest BCUT2D eigenvalue weighted by Crippen LogP contribution is -2.44. The smallest absolute Gasteiger partial charge is 0.223 e. The highest BCUT2D eigenvalue weighted by atomic mass is 16.5. The van der Waals surface area contributed by atoms with E-state index < -0.39 is 0 Å². The summed E-state index contributed by atoms with van der Waals surface area (Å²) in [5.41, 5.74) is 0. The number of aliphatic imine (C=N–C) groups is 1. The first-order valence-corrected chi connectivity index (χ1v) is 8.29. The predicted octanol–water partition coefficient (Wildman–Crippen LogP) is -0.602. The van der Waals surface area contributed by atoms with Crippen LogP contribution >= 0.6 is 0 Å². The number of ether oxygens (including phenoxy) is 1. The maximum absolute atomic E-state index is 11.5. The minimum absolute atomic E-state index is 0.156. The zero-order valence-corrected chi connectivity index (χ0v) is 13.7. The molecule has 0 radical (unpaired) electrons. The molecule has 1 unspecified atom stereocenters.